The fraction of sp³-hybridized carbons (Fsp3) is 0.640. The number of hydrogen-bond donors (Lipinski definition) is 3. The Morgan fingerprint density at radius 3 is 2.59 bits per heavy atom. The van der Waals surface area contributed by atoms with Crippen LogP contribution in [0, 0.1) is 11.8 Å². The summed E-state index contributed by atoms with van der Waals surface area (Å²) in [6, 6.07) is 6.45. The molecule has 0 saturated carbocycles. The molecule has 0 aliphatic carbocycles. The summed E-state index contributed by atoms with van der Waals surface area (Å²) in [4.78, 5) is 42.5. The summed E-state index contributed by atoms with van der Waals surface area (Å²) in [6.45, 7) is 5.07. The van der Waals surface area contributed by atoms with Crippen molar-refractivity contribution >= 4 is 35.2 Å². The number of fused-ring (bicyclic) bond motifs is 1. The van der Waals surface area contributed by atoms with E-state index in [0.717, 1.165) is 19.3 Å². The Balaban J connectivity index is 1.66. The van der Waals surface area contributed by atoms with Crippen LogP contribution in [0.25, 0.3) is 0 Å². The van der Waals surface area contributed by atoms with Gasteiger partial charge in [0.05, 0.1) is 23.7 Å². The SMILES string of the molecule is CCCNC(=O)[C@@H]1[C@H]2C(=O)N(CCCCO)C(C(=O)Nc3ccc(OC)cc3)C23CC[C@@]1(C)S3. The van der Waals surface area contributed by atoms with Crippen molar-refractivity contribution in [2.24, 2.45) is 11.8 Å². The van der Waals surface area contributed by atoms with Crippen LogP contribution in [0.3, 0.4) is 0 Å². The van der Waals surface area contributed by atoms with Gasteiger partial charge in [-0.2, -0.15) is 0 Å². The van der Waals surface area contributed by atoms with E-state index in [1.165, 1.54) is 0 Å². The number of thioether (sulfide) groups is 1. The van der Waals surface area contributed by atoms with Crippen LogP contribution in [0.4, 0.5) is 5.69 Å². The lowest BCUT2D eigenvalue weighted by Gasteiger charge is -2.34. The number of aliphatic hydroxyl groups is 1. The number of nitrogens with one attached hydrogen (secondary N) is 2. The number of rotatable bonds is 10. The lowest BCUT2D eigenvalue weighted by molar-refractivity contribution is -0.140. The Kier molecular flexibility index (Phi) is 7.14. The molecule has 2 unspecified atom stereocenters. The molecule has 3 saturated heterocycles. The summed E-state index contributed by atoms with van der Waals surface area (Å²) < 4.78 is 4.21. The molecule has 1 aromatic carbocycles. The van der Waals surface area contributed by atoms with E-state index in [9.17, 15) is 19.5 Å². The number of carbonyl (C=O) groups excluding carboxylic acids is 3. The molecule has 3 fully saturated rings. The number of carbonyl (C=O) groups is 3. The number of aliphatic hydroxyl groups excluding tert-OH is 1. The molecule has 3 aliphatic heterocycles. The van der Waals surface area contributed by atoms with Crippen molar-refractivity contribution in [3.05, 3.63) is 24.3 Å². The van der Waals surface area contributed by atoms with Crippen LogP contribution in [0.5, 0.6) is 5.75 Å². The van der Waals surface area contributed by atoms with Gasteiger partial charge in [0, 0.05) is 30.1 Å². The van der Waals surface area contributed by atoms with Crippen LogP contribution in [-0.2, 0) is 14.4 Å². The van der Waals surface area contributed by atoms with E-state index in [1.807, 2.05) is 6.92 Å². The van der Waals surface area contributed by atoms with E-state index in [0.29, 0.717) is 37.4 Å². The summed E-state index contributed by atoms with van der Waals surface area (Å²) in [7, 11) is 1.59. The minimum atomic E-state index is -0.665. The number of hydrogen-bond acceptors (Lipinski definition) is 6. The molecule has 4 rings (SSSR count). The normalized spacial score (nSPS) is 31.5. The van der Waals surface area contributed by atoms with Crippen molar-refractivity contribution in [1.82, 2.24) is 10.2 Å². The molecule has 9 heteroatoms. The third kappa shape index (κ3) is 4.06. The van der Waals surface area contributed by atoms with Crippen molar-refractivity contribution in [3.63, 3.8) is 0 Å². The average molecular weight is 490 g/mol. The maximum Gasteiger partial charge on any atom is 0.248 e. The molecule has 3 heterocycles. The van der Waals surface area contributed by atoms with Gasteiger partial charge in [-0.1, -0.05) is 6.92 Å². The van der Waals surface area contributed by atoms with Crippen molar-refractivity contribution < 1.29 is 24.2 Å². The van der Waals surface area contributed by atoms with Gasteiger partial charge in [-0.25, -0.2) is 0 Å². The van der Waals surface area contributed by atoms with Gasteiger partial charge in [0.15, 0.2) is 0 Å². The standard InChI is InChI=1S/C25H35N3O5S/c1-4-13-26-21(30)18-19-23(32)28(14-5-6-15-29)20(25(19)12-11-24(18,2)34-25)22(31)27-16-7-9-17(33-3)10-8-16/h7-10,18-20,29H,4-6,11-15H2,1-3H3,(H,26,30)(H,27,31)/t18-,19-,20?,24+,25?/m0/s1. The highest BCUT2D eigenvalue weighted by Crippen LogP contribution is 2.71. The highest BCUT2D eigenvalue weighted by Gasteiger charge is 2.76. The minimum absolute atomic E-state index is 0.0359. The summed E-state index contributed by atoms with van der Waals surface area (Å²) in [6.07, 6.45) is 3.50. The summed E-state index contributed by atoms with van der Waals surface area (Å²) in [5.41, 5.74) is 0.634. The summed E-state index contributed by atoms with van der Waals surface area (Å²) in [5.74, 6) is -0.699. The molecule has 3 aliphatic rings. The molecule has 0 aromatic heterocycles. The fourth-order valence-electron chi connectivity index (χ4n) is 6.00. The second kappa shape index (κ2) is 9.77. The summed E-state index contributed by atoms with van der Waals surface area (Å²) >= 11 is 1.67. The number of benzene rings is 1. The first-order valence-corrected chi connectivity index (χ1v) is 13.0. The molecule has 0 radical (unpaired) electrons. The largest absolute Gasteiger partial charge is 0.497 e. The second-order valence-corrected chi connectivity index (χ2v) is 11.6. The molecule has 186 valence electrons. The Hall–Kier alpha value is -2.26. The van der Waals surface area contributed by atoms with Crippen LogP contribution < -0.4 is 15.4 Å². The van der Waals surface area contributed by atoms with Gasteiger partial charge < -0.3 is 25.4 Å². The fourth-order valence-corrected chi connectivity index (χ4v) is 8.36. The number of ether oxygens (including phenoxy) is 1. The van der Waals surface area contributed by atoms with Gasteiger partial charge in [-0.15, -0.1) is 11.8 Å². The number of nitrogens with zero attached hydrogens (tertiary/aromatic N) is 1. The van der Waals surface area contributed by atoms with E-state index in [4.69, 9.17) is 4.74 Å². The molecule has 8 nitrogen and oxygen atoms in total. The maximum atomic E-state index is 13.8. The van der Waals surface area contributed by atoms with E-state index in [2.05, 4.69) is 17.6 Å². The Labute approximate surface area is 205 Å². The van der Waals surface area contributed by atoms with Gasteiger partial charge in [0.25, 0.3) is 0 Å². The summed E-state index contributed by atoms with van der Waals surface area (Å²) in [5, 5.41) is 15.3. The van der Waals surface area contributed by atoms with Crippen molar-refractivity contribution in [2.45, 2.75) is 61.5 Å². The van der Waals surface area contributed by atoms with Gasteiger partial charge in [0.2, 0.25) is 17.7 Å². The maximum absolute atomic E-state index is 13.8. The topological polar surface area (TPSA) is 108 Å². The number of amides is 3. The second-order valence-electron chi connectivity index (χ2n) is 9.70. The zero-order valence-corrected chi connectivity index (χ0v) is 21.0. The van der Waals surface area contributed by atoms with Crippen molar-refractivity contribution in [3.8, 4) is 5.75 Å². The van der Waals surface area contributed by atoms with E-state index >= 15 is 0 Å². The highest BCUT2D eigenvalue weighted by atomic mass is 32.2. The molecular formula is C25H35N3O5S. The quantitative estimate of drug-likeness (QED) is 0.436. The Bertz CT molecular complexity index is 941. The first-order chi connectivity index (χ1) is 16.3. The number of unbranched alkanes of at least 4 members (excludes halogenated alkanes) is 1. The van der Waals surface area contributed by atoms with Gasteiger partial charge >= 0.3 is 0 Å². The number of anilines is 1. The number of likely N-dealkylation sites (tertiary alicyclic amines) is 1. The average Bonchev–Trinajstić information content (AvgIpc) is 3.39. The van der Waals surface area contributed by atoms with Gasteiger partial charge in [0.1, 0.15) is 11.8 Å². The van der Waals surface area contributed by atoms with E-state index in [1.54, 1.807) is 48.0 Å². The van der Waals surface area contributed by atoms with Crippen molar-refractivity contribution in [2.75, 3.05) is 32.1 Å². The van der Waals surface area contributed by atoms with E-state index < -0.39 is 22.6 Å². The molecule has 1 aromatic rings. The molecule has 1 spiro atoms. The van der Waals surface area contributed by atoms with Gasteiger partial charge in [-0.3, -0.25) is 14.4 Å². The third-order valence-electron chi connectivity index (χ3n) is 7.52. The van der Waals surface area contributed by atoms with Crippen LogP contribution in [-0.4, -0.2) is 70.1 Å². The predicted octanol–water partition coefficient (Wildman–Crippen LogP) is 2.41. The lowest BCUT2D eigenvalue weighted by atomic mass is 9.66. The van der Waals surface area contributed by atoms with Crippen LogP contribution >= 0.6 is 11.8 Å². The number of methoxy groups -OCH3 is 1. The highest BCUT2D eigenvalue weighted by molar-refractivity contribution is 8.02. The van der Waals surface area contributed by atoms with E-state index in [-0.39, 0.29) is 29.1 Å². The molecular weight excluding hydrogens is 454 g/mol. The smallest absolute Gasteiger partial charge is 0.248 e. The van der Waals surface area contributed by atoms with Crippen molar-refractivity contribution in [1.29, 1.82) is 0 Å². The Morgan fingerprint density at radius 2 is 1.94 bits per heavy atom. The molecule has 5 atom stereocenters. The monoisotopic (exact) mass is 489 g/mol. The zero-order valence-electron chi connectivity index (χ0n) is 20.1. The molecule has 2 bridgehead atoms. The van der Waals surface area contributed by atoms with Crippen LogP contribution in [0.1, 0.15) is 46.0 Å². The molecule has 3 N–H and O–H groups in total. The van der Waals surface area contributed by atoms with Gasteiger partial charge in [-0.05, 0) is 63.3 Å². The third-order valence-corrected chi connectivity index (χ3v) is 9.51. The lowest BCUT2D eigenvalue weighted by Crippen LogP contribution is -2.52. The zero-order chi connectivity index (χ0) is 24.5. The van der Waals surface area contributed by atoms with Crippen LogP contribution in [0.15, 0.2) is 24.3 Å². The molecule has 3 amide bonds. The minimum Gasteiger partial charge on any atom is -0.497 e. The molecule has 34 heavy (non-hydrogen) atoms. The first-order valence-electron chi connectivity index (χ1n) is 12.2. The first kappa shape index (κ1) is 24.9. The Morgan fingerprint density at radius 1 is 1.21 bits per heavy atom. The predicted molar refractivity (Wildman–Crippen MR) is 132 cm³/mol. The van der Waals surface area contributed by atoms with Crippen LogP contribution in [0.2, 0.25) is 0 Å².